The largest absolute Gasteiger partial charge is 0.370 e. The molecule has 0 aromatic carbocycles. The lowest BCUT2D eigenvalue weighted by atomic mass is 10.3. The molecule has 0 saturated carbocycles. The Bertz CT molecular complexity index is 528. The van der Waals surface area contributed by atoms with Gasteiger partial charge in [0.25, 0.3) is 0 Å². The number of nitriles is 1. The van der Waals surface area contributed by atoms with Gasteiger partial charge in [-0.3, -0.25) is 0 Å². The second kappa shape index (κ2) is 7.01. The highest BCUT2D eigenvalue weighted by Crippen LogP contribution is 2.08. The molecule has 98 valence electrons. The molecule has 2 heterocycles. The smallest absolute Gasteiger partial charge is 0.131 e. The monoisotopic (exact) mass is 256 g/mol. The number of rotatable bonds is 7. The number of nitrogens with zero attached hydrogens (tertiary/aromatic N) is 3. The van der Waals surface area contributed by atoms with Gasteiger partial charge in [-0.05, 0) is 12.1 Å². The molecule has 0 bridgehead atoms. The first kappa shape index (κ1) is 12.9. The van der Waals surface area contributed by atoms with Gasteiger partial charge in [-0.1, -0.05) is 0 Å². The third-order valence-electron chi connectivity index (χ3n) is 2.57. The maximum absolute atomic E-state index is 8.47. The van der Waals surface area contributed by atoms with Crippen molar-refractivity contribution in [2.45, 2.75) is 12.8 Å². The summed E-state index contributed by atoms with van der Waals surface area (Å²) in [6.07, 6.45) is 4.79. The van der Waals surface area contributed by atoms with E-state index in [9.17, 15) is 0 Å². The van der Waals surface area contributed by atoms with Gasteiger partial charge in [-0.15, -0.1) is 0 Å². The quantitative estimate of drug-likeness (QED) is 0.657. The average molecular weight is 256 g/mol. The van der Waals surface area contributed by atoms with Crippen molar-refractivity contribution in [2.24, 2.45) is 0 Å². The summed E-state index contributed by atoms with van der Waals surface area (Å²) >= 11 is 0. The first-order chi connectivity index (χ1) is 9.38. The van der Waals surface area contributed by atoms with Crippen molar-refractivity contribution in [2.75, 3.05) is 23.7 Å². The first-order valence-corrected chi connectivity index (χ1v) is 6.17. The van der Waals surface area contributed by atoms with Crippen molar-refractivity contribution < 1.29 is 0 Å². The second-order valence-corrected chi connectivity index (χ2v) is 4.00. The van der Waals surface area contributed by atoms with E-state index in [0.717, 1.165) is 24.6 Å². The molecule has 0 saturated heterocycles. The van der Waals surface area contributed by atoms with Gasteiger partial charge in [-0.2, -0.15) is 5.26 Å². The number of H-pyrrole nitrogens is 1. The van der Waals surface area contributed by atoms with Crippen LogP contribution in [0.4, 0.5) is 11.6 Å². The van der Waals surface area contributed by atoms with Gasteiger partial charge in [0.1, 0.15) is 18.0 Å². The van der Waals surface area contributed by atoms with Crippen LogP contribution in [0.15, 0.2) is 30.7 Å². The third kappa shape index (κ3) is 4.32. The van der Waals surface area contributed by atoms with Crippen LogP contribution < -0.4 is 10.6 Å². The Kier molecular flexibility index (Phi) is 4.76. The van der Waals surface area contributed by atoms with Crippen molar-refractivity contribution >= 4 is 11.6 Å². The molecule has 6 nitrogen and oxygen atoms in total. The molecule has 6 heteroatoms. The van der Waals surface area contributed by atoms with Gasteiger partial charge in [0.2, 0.25) is 0 Å². The Hall–Kier alpha value is -2.55. The molecule has 2 aromatic heterocycles. The van der Waals surface area contributed by atoms with Crippen LogP contribution in [-0.2, 0) is 6.42 Å². The standard InChI is InChI=1S/C13H16N6/c14-5-2-7-16-12-9-13(19-10-18-12)17-8-4-11-3-1-6-15-11/h1,3,6,9-10,15H,2,4,7-8H2,(H2,16,17,18,19). The Morgan fingerprint density at radius 1 is 1.21 bits per heavy atom. The average Bonchev–Trinajstić information content (AvgIpc) is 2.93. The molecule has 0 radical (unpaired) electrons. The lowest BCUT2D eigenvalue weighted by molar-refractivity contribution is 0.962. The number of aromatic amines is 1. The van der Waals surface area contributed by atoms with E-state index in [1.807, 2.05) is 18.3 Å². The highest BCUT2D eigenvalue weighted by Gasteiger charge is 1.98. The molecule has 0 atom stereocenters. The van der Waals surface area contributed by atoms with Crippen LogP contribution in [0.3, 0.4) is 0 Å². The molecule has 0 fully saturated rings. The van der Waals surface area contributed by atoms with Gasteiger partial charge in [0.15, 0.2) is 0 Å². The highest BCUT2D eigenvalue weighted by molar-refractivity contribution is 5.46. The van der Waals surface area contributed by atoms with Crippen molar-refractivity contribution in [1.29, 1.82) is 5.26 Å². The van der Waals surface area contributed by atoms with Crippen molar-refractivity contribution in [3.8, 4) is 6.07 Å². The zero-order chi connectivity index (χ0) is 13.3. The fraction of sp³-hybridized carbons (Fsp3) is 0.308. The Labute approximate surface area is 111 Å². The molecule has 2 rings (SSSR count). The maximum Gasteiger partial charge on any atom is 0.131 e. The van der Waals surface area contributed by atoms with Gasteiger partial charge < -0.3 is 15.6 Å². The molecule has 19 heavy (non-hydrogen) atoms. The molecule has 0 amide bonds. The fourth-order valence-corrected chi connectivity index (χ4v) is 1.65. The number of aromatic nitrogens is 3. The predicted octanol–water partition coefficient (Wildman–Crippen LogP) is 1.78. The van der Waals surface area contributed by atoms with Gasteiger partial charge in [0, 0.05) is 37.5 Å². The first-order valence-electron chi connectivity index (χ1n) is 6.17. The van der Waals surface area contributed by atoms with Crippen LogP contribution in [0.25, 0.3) is 0 Å². The minimum absolute atomic E-state index is 0.458. The van der Waals surface area contributed by atoms with E-state index in [1.165, 1.54) is 12.0 Å². The number of hydrogen-bond donors (Lipinski definition) is 3. The van der Waals surface area contributed by atoms with E-state index >= 15 is 0 Å². The van der Waals surface area contributed by atoms with Crippen LogP contribution in [0.5, 0.6) is 0 Å². The zero-order valence-electron chi connectivity index (χ0n) is 10.6. The molecule has 0 aliphatic carbocycles. The predicted molar refractivity (Wildman–Crippen MR) is 73.7 cm³/mol. The molecule has 0 aliphatic heterocycles. The zero-order valence-corrected chi connectivity index (χ0v) is 10.6. The Morgan fingerprint density at radius 3 is 2.68 bits per heavy atom. The summed E-state index contributed by atoms with van der Waals surface area (Å²) < 4.78 is 0. The Balaban J connectivity index is 1.80. The van der Waals surface area contributed by atoms with E-state index in [4.69, 9.17) is 5.26 Å². The molecule has 0 unspecified atom stereocenters. The summed E-state index contributed by atoms with van der Waals surface area (Å²) in [5.74, 6) is 1.51. The summed E-state index contributed by atoms with van der Waals surface area (Å²) in [5.41, 5.74) is 1.19. The molecular formula is C13H16N6. The molecule has 3 N–H and O–H groups in total. The third-order valence-corrected chi connectivity index (χ3v) is 2.57. The van der Waals surface area contributed by atoms with Gasteiger partial charge >= 0.3 is 0 Å². The van der Waals surface area contributed by atoms with E-state index < -0.39 is 0 Å². The highest BCUT2D eigenvalue weighted by atomic mass is 15.1. The lowest BCUT2D eigenvalue weighted by Gasteiger charge is -2.07. The second-order valence-electron chi connectivity index (χ2n) is 4.00. The summed E-state index contributed by atoms with van der Waals surface area (Å²) in [5, 5.41) is 14.8. The molecular weight excluding hydrogens is 240 g/mol. The van der Waals surface area contributed by atoms with Crippen molar-refractivity contribution in [1.82, 2.24) is 15.0 Å². The Morgan fingerprint density at radius 2 is 2.00 bits per heavy atom. The molecule has 0 aliphatic rings. The number of nitrogens with one attached hydrogen (secondary N) is 3. The fourth-order valence-electron chi connectivity index (χ4n) is 1.65. The van der Waals surface area contributed by atoms with Crippen molar-refractivity contribution in [3.05, 3.63) is 36.4 Å². The van der Waals surface area contributed by atoms with Crippen LogP contribution in [0.2, 0.25) is 0 Å². The SMILES string of the molecule is N#CCCNc1cc(NCCc2ccc[nH]2)ncn1. The number of hydrogen-bond acceptors (Lipinski definition) is 5. The van der Waals surface area contributed by atoms with Crippen LogP contribution in [0, 0.1) is 11.3 Å². The van der Waals surface area contributed by atoms with Crippen LogP contribution >= 0.6 is 0 Å². The summed E-state index contributed by atoms with van der Waals surface area (Å²) in [7, 11) is 0. The maximum atomic E-state index is 8.47. The minimum atomic E-state index is 0.458. The van der Waals surface area contributed by atoms with Gasteiger partial charge in [-0.25, -0.2) is 9.97 Å². The summed E-state index contributed by atoms with van der Waals surface area (Å²) in [4.78, 5) is 11.4. The normalized spacial score (nSPS) is 9.84. The minimum Gasteiger partial charge on any atom is -0.370 e. The van der Waals surface area contributed by atoms with E-state index in [1.54, 1.807) is 0 Å². The number of anilines is 2. The molecule has 0 spiro atoms. The topological polar surface area (TPSA) is 89.4 Å². The van der Waals surface area contributed by atoms with Crippen LogP contribution in [0.1, 0.15) is 12.1 Å². The summed E-state index contributed by atoms with van der Waals surface area (Å²) in [6, 6.07) is 7.95. The molecule has 2 aromatic rings. The summed E-state index contributed by atoms with van der Waals surface area (Å²) in [6.45, 7) is 1.39. The van der Waals surface area contributed by atoms with E-state index in [2.05, 4.69) is 37.7 Å². The van der Waals surface area contributed by atoms with Gasteiger partial charge in [0.05, 0.1) is 12.5 Å². The lowest BCUT2D eigenvalue weighted by Crippen LogP contribution is -2.08. The van der Waals surface area contributed by atoms with Crippen LogP contribution in [-0.4, -0.2) is 28.0 Å². The van der Waals surface area contributed by atoms with E-state index in [-0.39, 0.29) is 0 Å². The van der Waals surface area contributed by atoms with Crippen molar-refractivity contribution in [3.63, 3.8) is 0 Å². The van der Waals surface area contributed by atoms with E-state index in [0.29, 0.717) is 13.0 Å².